The maximum Gasteiger partial charge on any atom is 0.255 e. The number of aliphatic hydroxyl groups is 1. The molecular weight excluding hydrogens is 309 g/mol. The van der Waals surface area contributed by atoms with Gasteiger partial charge < -0.3 is 15.2 Å². The second-order valence-electron chi connectivity index (χ2n) is 4.60. The van der Waals surface area contributed by atoms with Gasteiger partial charge in [-0.05, 0) is 29.8 Å². The number of amides is 1. The van der Waals surface area contributed by atoms with E-state index < -0.39 is 17.8 Å². The quantitative estimate of drug-likeness (QED) is 0.889. The first-order valence-corrected chi connectivity index (χ1v) is 6.95. The maximum atomic E-state index is 13.6. The molecule has 0 saturated carbocycles. The SMILES string of the molecule is COc1cccc([C@@H](O)CNC(=O)c2c(F)cccc2Cl)c1. The Morgan fingerprint density at radius 2 is 2.09 bits per heavy atom. The van der Waals surface area contributed by atoms with Gasteiger partial charge in [0, 0.05) is 6.54 Å². The van der Waals surface area contributed by atoms with Crippen LogP contribution in [0, 0.1) is 5.82 Å². The molecule has 0 fully saturated rings. The van der Waals surface area contributed by atoms with Crippen LogP contribution in [0.25, 0.3) is 0 Å². The predicted molar refractivity (Wildman–Crippen MR) is 81.7 cm³/mol. The molecule has 6 heteroatoms. The highest BCUT2D eigenvalue weighted by molar-refractivity contribution is 6.33. The van der Waals surface area contributed by atoms with E-state index in [1.807, 2.05) is 0 Å². The average molecular weight is 324 g/mol. The maximum absolute atomic E-state index is 13.6. The van der Waals surface area contributed by atoms with Crippen molar-refractivity contribution in [3.8, 4) is 5.75 Å². The number of carbonyl (C=O) groups excluding carboxylic acids is 1. The molecule has 2 N–H and O–H groups in total. The number of aliphatic hydroxyl groups excluding tert-OH is 1. The van der Waals surface area contributed by atoms with Gasteiger partial charge in [0.1, 0.15) is 11.6 Å². The molecule has 2 rings (SSSR count). The Morgan fingerprint density at radius 1 is 1.36 bits per heavy atom. The fraction of sp³-hybridized carbons (Fsp3) is 0.188. The zero-order valence-electron chi connectivity index (χ0n) is 11.8. The molecule has 0 spiro atoms. The van der Waals surface area contributed by atoms with Crippen LogP contribution < -0.4 is 10.1 Å². The Kier molecular flexibility index (Phi) is 5.35. The van der Waals surface area contributed by atoms with Crippen molar-refractivity contribution in [1.29, 1.82) is 0 Å². The summed E-state index contributed by atoms with van der Waals surface area (Å²) in [4.78, 5) is 12.0. The number of benzene rings is 2. The molecule has 1 amide bonds. The van der Waals surface area contributed by atoms with Gasteiger partial charge >= 0.3 is 0 Å². The molecule has 0 aromatic heterocycles. The summed E-state index contributed by atoms with van der Waals surface area (Å²) in [5.41, 5.74) is 0.348. The Bertz CT molecular complexity index is 658. The standard InChI is InChI=1S/C16H15ClFNO3/c1-22-11-5-2-4-10(8-11)14(20)9-19-16(21)15-12(17)6-3-7-13(15)18/h2-8,14,20H,9H2,1H3,(H,19,21)/t14-/m0/s1. The second-order valence-corrected chi connectivity index (χ2v) is 5.01. The summed E-state index contributed by atoms with van der Waals surface area (Å²) in [6.07, 6.45) is -0.940. The third kappa shape index (κ3) is 3.75. The molecule has 2 aromatic rings. The lowest BCUT2D eigenvalue weighted by molar-refractivity contribution is 0.0912. The van der Waals surface area contributed by atoms with Crippen molar-refractivity contribution in [2.45, 2.75) is 6.10 Å². The number of hydrogen-bond donors (Lipinski definition) is 2. The number of nitrogens with one attached hydrogen (secondary N) is 1. The van der Waals surface area contributed by atoms with Gasteiger partial charge in [-0.2, -0.15) is 0 Å². The number of hydrogen-bond acceptors (Lipinski definition) is 3. The van der Waals surface area contributed by atoms with Gasteiger partial charge in [0.25, 0.3) is 5.91 Å². The Morgan fingerprint density at radius 3 is 2.77 bits per heavy atom. The van der Waals surface area contributed by atoms with Crippen LogP contribution in [-0.4, -0.2) is 24.7 Å². The molecule has 116 valence electrons. The van der Waals surface area contributed by atoms with Gasteiger partial charge in [-0.3, -0.25) is 4.79 Å². The normalized spacial score (nSPS) is 11.8. The summed E-state index contributed by atoms with van der Waals surface area (Å²) in [5.74, 6) is -0.786. The van der Waals surface area contributed by atoms with Crippen LogP contribution >= 0.6 is 11.6 Å². The first kappa shape index (κ1) is 16.3. The molecule has 0 unspecified atom stereocenters. The van der Waals surface area contributed by atoms with Crippen molar-refractivity contribution >= 4 is 17.5 Å². The van der Waals surface area contributed by atoms with Gasteiger partial charge in [0.15, 0.2) is 0 Å². The highest BCUT2D eigenvalue weighted by Crippen LogP contribution is 2.20. The van der Waals surface area contributed by atoms with E-state index in [-0.39, 0.29) is 17.1 Å². The molecular formula is C16H15ClFNO3. The van der Waals surface area contributed by atoms with Crippen LogP contribution in [0.2, 0.25) is 5.02 Å². The lowest BCUT2D eigenvalue weighted by atomic mass is 10.1. The predicted octanol–water partition coefficient (Wildman–Crippen LogP) is 2.95. The van der Waals surface area contributed by atoms with E-state index in [4.69, 9.17) is 16.3 Å². The molecule has 2 aromatic carbocycles. The van der Waals surface area contributed by atoms with E-state index >= 15 is 0 Å². The number of ether oxygens (including phenoxy) is 1. The Labute approximate surface area is 132 Å². The van der Waals surface area contributed by atoms with Crippen molar-refractivity contribution in [1.82, 2.24) is 5.32 Å². The van der Waals surface area contributed by atoms with Gasteiger partial charge in [0.05, 0.1) is 23.8 Å². The van der Waals surface area contributed by atoms with Crippen LogP contribution in [-0.2, 0) is 0 Å². The molecule has 0 heterocycles. The summed E-state index contributed by atoms with van der Waals surface area (Å²) in [6.45, 7) is -0.0728. The molecule has 0 radical (unpaired) electrons. The molecule has 0 saturated heterocycles. The van der Waals surface area contributed by atoms with Crippen LogP contribution in [0.3, 0.4) is 0 Å². The summed E-state index contributed by atoms with van der Waals surface area (Å²) < 4.78 is 18.7. The van der Waals surface area contributed by atoms with Gasteiger partial charge in [0.2, 0.25) is 0 Å². The minimum atomic E-state index is -0.940. The van der Waals surface area contributed by atoms with Gasteiger partial charge in [-0.1, -0.05) is 29.8 Å². The van der Waals surface area contributed by atoms with E-state index in [0.29, 0.717) is 11.3 Å². The van der Waals surface area contributed by atoms with E-state index in [9.17, 15) is 14.3 Å². The molecule has 0 aliphatic carbocycles. The lowest BCUT2D eigenvalue weighted by Crippen LogP contribution is -2.29. The van der Waals surface area contributed by atoms with E-state index in [0.717, 1.165) is 6.07 Å². The number of rotatable bonds is 5. The summed E-state index contributed by atoms with van der Waals surface area (Å²) in [7, 11) is 1.52. The average Bonchev–Trinajstić information content (AvgIpc) is 2.52. The first-order chi connectivity index (χ1) is 10.5. The number of methoxy groups -OCH3 is 1. The smallest absolute Gasteiger partial charge is 0.255 e. The summed E-state index contributed by atoms with van der Waals surface area (Å²) in [5, 5.41) is 12.6. The highest BCUT2D eigenvalue weighted by atomic mass is 35.5. The van der Waals surface area contributed by atoms with Gasteiger partial charge in [-0.15, -0.1) is 0 Å². The zero-order chi connectivity index (χ0) is 16.1. The molecule has 22 heavy (non-hydrogen) atoms. The number of halogens is 2. The number of carbonyl (C=O) groups is 1. The van der Waals surface area contributed by atoms with E-state index in [1.165, 1.54) is 19.2 Å². The first-order valence-electron chi connectivity index (χ1n) is 6.57. The molecule has 0 bridgehead atoms. The minimum Gasteiger partial charge on any atom is -0.497 e. The van der Waals surface area contributed by atoms with Crippen LogP contribution in [0.15, 0.2) is 42.5 Å². The van der Waals surface area contributed by atoms with Crippen molar-refractivity contribution in [2.24, 2.45) is 0 Å². The highest BCUT2D eigenvalue weighted by Gasteiger charge is 2.17. The largest absolute Gasteiger partial charge is 0.497 e. The van der Waals surface area contributed by atoms with Crippen molar-refractivity contribution in [2.75, 3.05) is 13.7 Å². The van der Waals surface area contributed by atoms with Crippen molar-refractivity contribution in [3.05, 3.63) is 64.4 Å². The monoisotopic (exact) mass is 323 g/mol. The summed E-state index contributed by atoms with van der Waals surface area (Å²) >= 11 is 5.82. The van der Waals surface area contributed by atoms with Crippen LogP contribution in [0.4, 0.5) is 4.39 Å². The van der Waals surface area contributed by atoms with Gasteiger partial charge in [-0.25, -0.2) is 4.39 Å². The third-order valence-electron chi connectivity index (χ3n) is 3.12. The van der Waals surface area contributed by atoms with Crippen molar-refractivity contribution < 1.29 is 19.0 Å². The Balaban J connectivity index is 2.04. The molecule has 4 nitrogen and oxygen atoms in total. The topological polar surface area (TPSA) is 58.6 Å². The van der Waals surface area contributed by atoms with Crippen LogP contribution in [0.1, 0.15) is 22.0 Å². The van der Waals surface area contributed by atoms with E-state index in [2.05, 4.69) is 5.32 Å². The molecule has 0 aliphatic heterocycles. The lowest BCUT2D eigenvalue weighted by Gasteiger charge is -2.14. The fourth-order valence-electron chi connectivity index (χ4n) is 1.96. The minimum absolute atomic E-state index is 0.0216. The van der Waals surface area contributed by atoms with Crippen molar-refractivity contribution in [3.63, 3.8) is 0 Å². The third-order valence-corrected chi connectivity index (χ3v) is 3.44. The summed E-state index contributed by atoms with van der Waals surface area (Å²) in [6, 6.07) is 10.8. The Hall–Kier alpha value is -2.11. The zero-order valence-corrected chi connectivity index (χ0v) is 12.6. The molecule has 1 atom stereocenters. The fourth-order valence-corrected chi connectivity index (χ4v) is 2.21. The second kappa shape index (κ2) is 7.24. The van der Waals surface area contributed by atoms with Crippen LogP contribution in [0.5, 0.6) is 5.75 Å². The van der Waals surface area contributed by atoms with E-state index in [1.54, 1.807) is 24.3 Å². The molecule has 0 aliphatic rings.